The Morgan fingerprint density at radius 1 is 1.59 bits per heavy atom. The zero-order chi connectivity index (χ0) is 12.5. The third-order valence-corrected chi connectivity index (χ3v) is 4.97. The predicted molar refractivity (Wildman–Crippen MR) is 63.9 cm³/mol. The number of rotatable bonds is 6. The lowest BCUT2D eigenvalue weighted by Crippen LogP contribution is -2.35. The highest BCUT2D eigenvalue weighted by molar-refractivity contribution is 7.89. The lowest BCUT2D eigenvalue weighted by atomic mass is 10.4. The summed E-state index contributed by atoms with van der Waals surface area (Å²) in [6.07, 6.45) is 3.95. The van der Waals surface area contributed by atoms with Crippen molar-refractivity contribution in [2.75, 3.05) is 13.1 Å². The zero-order valence-corrected chi connectivity index (χ0v) is 10.7. The molecule has 0 aromatic carbocycles. The monoisotopic (exact) mass is 258 g/mol. The third kappa shape index (κ3) is 2.51. The number of aryl methyl sites for hydroxylation is 1. The maximum atomic E-state index is 12.4. The van der Waals surface area contributed by atoms with Crippen molar-refractivity contribution in [1.82, 2.24) is 14.5 Å². The molecule has 0 unspecified atom stereocenters. The molecule has 0 spiro atoms. The Morgan fingerprint density at radius 2 is 2.29 bits per heavy atom. The number of hydrogen-bond acceptors (Lipinski definition) is 4. The van der Waals surface area contributed by atoms with Crippen LogP contribution < -0.4 is 5.73 Å². The average molecular weight is 258 g/mol. The first kappa shape index (κ1) is 12.5. The number of hydrogen-bond donors (Lipinski definition) is 2. The van der Waals surface area contributed by atoms with Crippen LogP contribution in [0.3, 0.4) is 0 Å². The Morgan fingerprint density at radius 3 is 2.76 bits per heavy atom. The van der Waals surface area contributed by atoms with E-state index < -0.39 is 10.0 Å². The molecule has 0 aliphatic heterocycles. The van der Waals surface area contributed by atoms with Crippen molar-refractivity contribution < 1.29 is 8.42 Å². The first-order valence-electron chi connectivity index (χ1n) is 5.79. The normalized spacial score (nSPS) is 16.6. The van der Waals surface area contributed by atoms with E-state index in [4.69, 9.17) is 5.73 Å². The van der Waals surface area contributed by atoms with E-state index in [0.29, 0.717) is 25.2 Å². The fourth-order valence-corrected chi connectivity index (χ4v) is 3.68. The SMILES string of the molecule is Cc1[nH]ncc1S(=O)(=O)N(CCCN)C1CC1. The van der Waals surface area contributed by atoms with Gasteiger partial charge in [0.1, 0.15) is 4.90 Å². The first-order valence-corrected chi connectivity index (χ1v) is 7.23. The van der Waals surface area contributed by atoms with Gasteiger partial charge >= 0.3 is 0 Å². The number of H-pyrrole nitrogens is 1. The maximum Gasteiger partial charge on any atom is 0.246 e. The van der Waals surface area contributed by atoms with Crippen LogP contribution in [0.4, 0.5) is 0 Å². The van der Waals surface area contributed by atoms with Gasteiger partial charge in [-0.25, -0.2) is 8.42 Å². The van der Waals surface area contributed by atoms with Gasteiger partial charge in [0.2, 0.25) is 10.0 Å². The Labute approximate surface area is 101 Å². The number of nitrogens with one attached hydrogen (secondary N) is 1. The standard InChI is InChI=1S/C10H18N4O2S/c1-8-10(7-12-13-8)17(15,16)14(6-2-5-11)9-3-4-9/h7,9H,2-6,11H2,1H3,(H,12,13). The second-order valence-electron chi connectivity index (χ2n) is 4.35. The molecule has 1 aromatic rings. The van der Waals surface area contributed by atoms with Gasteiger partial charge in [0.25, 0.3) is 0 Å². The van der Waals surface area contributed by atoms with Crippen molar-refractivity contribution in [3.8, 4) is 0 Å². The molecule has 0 amide bonds. The van der Waals surface area contributed by atoms with Gasteiger partial charge in [0, 0.05) is 12.6 Å². The Bertz CT molecular complexity index is 478. The van der Waals surface area contributed by atoms with Crippen molar-refractivity contribution >= 4 is 10.0 Å². The van der Waals surface area contributed by atoms with Crippen molar-refractivity contribution in [3.05, 3.63) is 11.9 Å². The summed E-state index contributed by atoms with van der Waals surface area (Å²) >= 11 is 0. The van der Waals surface area contributed by atoms with E-state index in [1.807, 2.05) is 0 Å². The van der Waals surface area contributed by atoms with E-state index in [2.05, 4.69) is 10.2 Å². The third-order valence-electron chi connectivity index (χ3n) is 2.91. The number of aromatic amines is 1. The molecule has 1 fully saturated rings. The summed E-state index contributed by atoms with van der Waals surface area (Å²) in [6, 6.07) is 0.154. The van der Waals surface area contributed by atoms with Gasteiger partial charge < -0.3 is 5.73 Å². The summed E-state index contributed by atoms with van der Waals surface area (Å²) in [5, 5.41) is 6.44. The molecule has 0 saturated heterocycles. The molecule has 0 atom stereocenters. The van der Waals surface area contributed by atoms with Crippen LogP contribution in [0.2, 0.25) is 0 Å². The topological polar surface area (TPSA) is 92.1 Å². The van der Waals surface area contributed by atoms with Crippen molar-refractivity contribution in [3.63, 3.8) is 0 Å². The fraction of sp³-hybridized carbons (Fsp3) is 0.700. The van der Waals surface area contributed by atoms with Crippen LogP contribution in [-0.4, -0.2) is 42.1 Å². The van der Waals surface area contributed by atoms with Gasteiger partial charge in [-0.2, -0.15) is 9.40 Å². The van der Waals surface area contributed by atoms with Gasteiger partial charge in [-0.05, 0) is 32.7 Å². The molecule has 0 radical (unpaired) electrons. The lowest BCUT2D eigenvalue weighted by molar-refractivity contribution is 0.399. The minimum atomic E-state index is -3.41. The van der Waals surface area contributed by atoms with E-state index in [1.54, 1.807) is 11.2 Å². The Hall–Kier alpha value is -0.920. The molecular weight excluding hydrogens is 240 g/mol. The molecule has 1 heterocycles. The van der Waals surface area contributed by atoms with Crippen LogP contribution in [0.1, 0.15) is 25.0 Å². The summed E-state index contributed by atoms with van der Waals surface area (Å²) in [5.74, 6) is 0. The number of aromatic nitrogens is 2. The summed E-state index contributed by atoms with van der Waals surface area (Å²) < 4.78 is 26.4. The molecule has 96 valence electrons. The fourth-order valence-electron chi connectivity index (χ4n) is 1.83. The van der Waals surface area contributed by atoms with E-state index in [1.165, 1.54) is 6.20 Å². The summed E-state index contributed by atoms with van der Waals surface area (Å²) in [6.45, 7) is 2.71. The Kier molecular flexibility index (Phi) is 3.50. The van der Waals surface area contributed by atoms with Gasteiger partial charge in [-0.3, -0.25) is 5.10 Å². The van der Waals surface area contributed by atoms with Gasteiger partial charge in [-0.1, -0.05) is 0 Å². The van der Waals surface area contributed by atoms with Crippen LogP contribution in [0.15, 0.2) is 11.1 Å². The van der Waals surface area contributed by atoms with Crippen LogP contribution in [0, 0.1) is 6.92 Å². The summed E-state index contributed by atoms with van der Waals surface area (Å²) in [7, 11) is -3.41. The predicted octanol–water partition coefficient (Wildman–Crippen LogP) is 0.220. The van der Waals surface area contributed by atoms with E-state index in [-0.39, 0.29) is 10.9 Å². The minimum absolute atomic E-state index is 0.154. The highest BCUT2D eigenvalue weighted by Gasteiger charge is 2.38. The number of sulfonamides is 1. The van der Waals surface area contributed by atoms with Crippen LogP contribution in [-0.2, 0) is 10.0 Å². The van der Waals surface area contributed by atoms with E-state index >= 15 is 0 Å². The molecule has 6 nitrogen and oxygen atoms in total. The van der Waals surface area contributed by atoms with Crippen molar-refractivity contribution in [2.45, 2.75) is 37.1 Å². The zero-order valence-electron chi connectivity index (χ0n) is 9.89. The van der Waals surface area contributed by atoms with E-state index in [0.717, 1.165) is 12.8 Å². The van der Waals surface area contributed by atoms with Gasteiger partial charge in [-0.15, -0.1) is 0 Å². The molecule has 1 aliphatic carbocycles. The quantitative estimate of drug-likeness (QED) is 0.763. The number of nitrogens with zero attached hydrogens (tertiary/aromatic N) is 2. The molecule has 0 bridgehead atoms. The van der Waals surface area contributed by atoms with Crippen LogP contribution >= 0.6 is 0 Å². The van der Waals surface area contributed by atoms with Gasteiger partial charge in [0.05, 0.1) is 11.9 Å². The average Bonchev–Trinajstić information content (AvgIpc) is 3.00. The van der Waals surface area contributed by atoms with Crippen LogP contribution in [0.25, 0.3) is 0 Å². The summed E-state index contributed by atoms with van der Waals surface area (Å²) in [5.41, 5.74) is 6.04. The number of nitrogens with two attached hydrogens (primary N) is 1. The highest BCUT2D eigenvalue weighted by atomic mass is 32.2. The van der Waals surface area contributed by atoms with Crippen LogP contribution in [0.5, 0.6) is 0 Å². The molecule has 1 saturated carbocycles. The second kappa shape index (κ2) is 4.75. The molecule has 2 rings (SSSR count). The molecular formula is C10H18N4O2S. The van der Waals surface area contributed by atoms with E-state index in [9.17, 15) is 8.42 Å². The smallest absolute Gasteiger partial charge is 0.246 e. The van der Waals surface area contributed by atoms with Crippen molar-refractivity contribution in [1.29, 1.82) is 0 Å². The summed E-state index contributed by atoms with van der Waals surface area (Å²) in [4.78, 5) is 0.279. The molecule has 1 aromatic heterocycles. The second-order valence-corrected chi connectivity index (χ2v) is 6.21. The lowest BCUT2D eigenvalue weighted by Gasteiger charge is -2.21. The molecule has 1 aliphatic rings. The molecule has 17 heavy (non-hydrogen) atoms. The minimum Gasteiger partial charge on any atom is -0.330 e. The highest BCUT2D eigenvalue weighted by Crippen LogP contribution is 2.32. The van der Waals surface area contributed by atoms with Gasteiger partial charge in [0.15, 0.2) is 0 Å². The maximum absolute atomic E-state index is 12.4. The molecule has 7 heteroatoms. The largest absolute Gasteiger partial charge is 0.330 e. The molecule has 3 N–H and O–H groups in total. The first-order chi connectivity index (χ1) is 8.07. The Balaban J connectivity index is 2.25. The van der Waals surface area contributed by atoms with Crippen molar-refractivity contribution in [2.24, 2.45) is 5.73 Å².